The third-order valence-electron chi connectivity index (χ3n) is 3.64. The summed E-state index contributed by atoms with van der Waals surface area (Å²) < 4.78 is 14.6. The van der Waals surface area contributed by atoms with Crippen LogP contribution in [-0.4, -0.2) is 38.6 Å². The van der Waals surface area contributed by atoms with E-state index in [9.17, 15) is 28.9 Å². The number of hydrogen-bond acceptors (Lipinski definition) is 7. The summed E-state index contributed by atoms with van der Waals surface area (Å²) in [5.74, 6) is -2.55. The smallest absolute Gasteiger partial charge is 0.352 e. The van der Waals surface area contributed by atoms with Crippen LogP contribution in [0.4, 0.5) is 21.5 Å². The first kappa shape index (κ1) is 17.0. The van der Waals surface area contributed by atoms with Crippen LogP contribution in [0.15, 0.2) is 40.4 Å². The fraction of sp³-hybridized carbons (Fsp3) is 0.0667. The number of aliphatic imine (C=N–C) groups is 1. The molecule has 1 aliphatic heterocycles. The Balaban J connectivity index is 2.25. The molecule has 1 atom stereocenters. The van der Waals surface area contributed by atoms with Gasteiger partial charge in [-0.15, -0.1) is 0 Å². The Hall–Kier alpha value is -3.89. The largest absolute Gasteiger partial charge is 0.477 e. The second kappa shape index (κ2) is 6.20. The molecule has 0 spiro atoms. The van der Waals surface area contributed by atoms with Crippen molar-refractivity contribution in [1.82, 2.24) is 4.57 Å². The SMILES string of the molecule is O=CC1Nc2cc([N+](=O)[O-])c(-n3ccc(=O)c(F)c3)cc2N=C1C(=O)O. The molecule has 26 heavy (non-hydrogen) atoms. The maximum atomic E-state index is 13.5. The normalized spacial score (nSPS) is 15.4. The number of anilines is 1. The van der Waals surface area contributed by atoms with Crippen LogP contribution in [0.25, 0.3) is 5.69 Å². The Labute approximate surface area is 143 Å². The van der Waals surface area contributed by atoms with Crippen molar-refractivity contribution in [3.8, 4) is 5.69 Å². The average Bonchev–Trinajstić information content (AvgIpc) is 2.61. The molecule has 0 saturated heterocycles. The lowest BCUT2D eigenvalue weighted by Gasteiger charge is -2.21. The summed E-state index contributed by atoms with van der Waals surface area (Å²) in [6.07, 6.45) is 2.21. The number of carbonyl (C=O) groups is 2. The second-order valence-corrected chi connectivity index (χ2v) is 5.24. The van der Waals surface area contributed by atoms with E-state index in [2.05, 4.69) is 10.3 Å². The molecule has 132 valence electrons. The molecule has 0 amide bonds. The Bertz CT molecular complexity index is 1040. The first-order chi connectivity index (χ1) is 12.3. The fourth-order valence-electron chi connectivity index (χ4n) is 2.45. The zero-order valence-corrected chi connectivity index (χ0v) is 12.7. The molecule has 10 nitrogen and oxygen atoms in total. The number of benzene rings is 1. The second-order valence-electron chi connectivity index (χ2n) is 5.24. The number of fused-ring (bicyclic) bond motifs is 1. The highest BCUT2D eigenvalue weighted by molar-refractivity contribution is 6.42. The molecule has 0 fully saturated rings. The van der Waals surface area contributed by atoms with Gasteiger partial charge in [0.25, 0.3) is 5.69 Å². The number of nitro benzene ring substituents is 1. The van der Waals surface area contributed by atoms with E-state index in [0.29, 0.717) is 6.29 Å². The number of aldehydes is 1. The summed E-state index contributed by atoms with van der Waals surface area (Å²) in [6.45, 7) is 0. The van der Waals surface area contributed by atoms with Gasteiger partial charge in [-0.25, -0.2) is 14.2 Å². The third kappa shape index (κ3) is 2.81. The lowest BCUT2D eigenvalue weighted by atomic mass is 10.1. The zero-order valence-electron chi connectivity index (χ0n) is 12.7. The highest BCUT2D eigenvalue weighted by atomic mass is 19.1. The molecular weight excluding hydrogens is 351 g/mol. The lowest BCUT2D eigenvalue weighted by Crippen LogP contribution is -2.38. The highest BCUT2D eigenvalue weighted by Crippen LogP contribution is 2.37. The van der Waals surface area contributed by atoms with Crippen molar-refractivity contribution in [3.63, 3.8) is 0 Å². The molecule has 0 radical (unpaired) electrons. The van der Waals surface area contributed by atoms with Crippen LogP contribution in [0.3, 0.4) is 0 Å². The number of rotatable bonds is 4. The van der Waals surface area contributed by atoms with Gasteiger partial charge in [0, 0.05) is 24.5 Å². The maximum Gasteiger partial charge on any atom is 0.352 e. The molecule has 0 bridgehead atoms. The van der Waals surface area contributed by atoms with Gasteiger partial charge in [-0.3, -0.25) is 14.9 Å². The van der Waals surface area contributed by atoms with Crippen LogP contribution in [-0.2, 0) is 9.59 Å². The van der Waals surface area contributed by atoms with Crippen molar-refractivity contribution in [3.05, 3.63) is 56.7 Å². The van der Waals surface area contributed by atoms with E-state index in [-0.39, 0.29) is 17.1 Å². The van der Waals surface area contributed by atoms with Crippen molar-refractivity contribution < 1.29 is 24.0 Å². The van der Waals surface area contributed by atoms with Crippen LogP contribution < -0.4 is 10.7 Å². The lowest BCUT2D eigenvalue weighted by molar-refractivity contribution is -0.384. The highest BCUT2D eigenvalue weighted by Gasteiger charge is 2.30. The summed E-state index contributed by atoms with van der Waals surface area (Å²) >= 11 is 0. The third-order valence-corrected chi connectivity index (χ3v) is 3.64. The molecule has 3 rings (SSSR count). The van der Waals surface area contributed by atoms with E-state index in [1.165, 1.54) is 0 Å². The molecule has 0 aliphatic carbocycles. The van der Waals surface area contributed by atoms with Gasteiger partial charge in [0.1, 0.15) is 18.0 Å². The number of nitro groups is 1. The quantitative estimate of drug-likeness (QED) is 0.471. The van der Waals surface area contributed by atoms with Crippen LogP contribution >= 0.6 is 0 Å². The molecule has 2 aromatic rings. The number of nitrogens with one attached hydrogen (secondary N) is 1. The standard InChI is InChI=1S/C15H9FN4O6/c16-7-5-19(2-1-13(7)22)11-3-9-8(4-12(11)20(25)26)17-10(6-21)14(18-9)15(23)24/h1-6,10,17H,(H,23,24). The Kier molecular flexibility index (Phi) is 4.04. The summed E-state index contributed by atoms with van der Waals surface area (Å²) in [5, 5.41) is 23.1. The van der Waals surface area contributed by atoms with Gasteiger partial charge in [-0.2, -0.15) is 0 Å². The molecule has 2 N–H and O–H groups in total. The minimum absolute atomic E-state index is 0.0141. The molecule has 1 aromatic carbocycles. The fourth-order valence-corrected chi connectivity index (χ4v) is 2.45. The predicted octanol–water partition coefficient (Wildman–Crippen LogP) is 1.03. The van der Waals surface area contributed by atoms with E-state index < -0.39 is 39.6 Å². The number of carboxylic acid groups (broad SMARTS) is 1. The maximum absolute atomic E-state index is 13.5. The number of nitrogens with zero attached hydrogens (tertiary/aromatic N) is 3. The van der Waals surface area contributed by atoms with Crippen molar-refractivity contribution in [2.24, 2.45) is 4.99 Å². The Morgan fingerprint density at radius 1 is 1.46 bits per heavy atom. The number of aliphatic carboxylic acids is 1. The van der Waals surface area contributed by atoms with Gasteiger partial charge in [-0.1, -0.05) is 0 Å². The predicted molar refractivity (Wildman–Crippen MR) is 86.9 cm³/mol. The van der Waals surface area contributed by atoms with Crippen LogP contribution in [0.2, 0.25) is 0 Å². The monoisotopic (exact) mass is 360 g/mol. The van der Waals surface area contributed by atoms with Gasteiger partial charge in [0.05, 0.1) is 16.3 Å². The number of carbonyl (C=O) groups excluding carboxylic acids is 1. The van der Waals surface area contributed by atoms with Crippen molar-refractivity contribution in [1.29, 1.82) is 0 Å². The topological polar surface area (TPSA) is 144 Å². The number of hydrogen-bond donors (Lipinski definition) is 2. The first-order valence-electron chi connectivity index (χ1n) is 7.06. The summed E-state index contributed by atoms with van der Waals surface area (Å²) in [5.41, 5.74) is -1.88. The van der Waals surface area contributed by atoms with Gasteiger partial charge >= 0.3 is 5.97 Å². The Morgan fingerprint density at radius 2 is 2.19 bits per heavy atom. The van der Waals surface area contributed by atoms with Gasteiger partial charge in [0.2, 0.25) is 5.43 Å². The average molecular weight is 360 g/mol. The van der Waals surface area contributed by atoms with Gasteiger partial charge < -0.3 is 19.8 Å². The van der Waals surface area contributed by atoms with Crippen LogP contribution in [0, 0.1) is 15.9 Å². The molecular formula is C15H9FN4O6. The molecule has 1 unspecified atom stereocenters. The van der Waals surface area contributed by atoms with E-state index in [4.69, 9.17) is 5.11 Å². The van der Waals surface area contributed by atoms with E-state index in [0.717, 1.165) is 35.2 Å². The van der Waals surface area contributed by atoms with Crippen molar-refractivity contribution >= 4 is 35.0 Å². The van der Waals surface area contributed by atoms with E-state index >= 15 is 0 Å². The molecule has 0 saturated carbocycles. The van der Waals surface area contributed by atoms with Crippen molar-refractivity contribution in [2.75, 3.05) is 5.32 Å². The van der Waals surface area contributed by atoms with E-state index in [1.54, 1.807) is 0 Å². The minimum Gasteiger partial charge on any atom is -0.477 e. The van der Waals surface area contributed by atoms with Crippen LogP contribution in [0.5, 0.6) is 0 Å². The number of carboxylic acids is 1. The zero-order chi connectivity index (χ0) is 19.0. The van der Waals surface area contributed by atoms with Gasteiger partial charge in [0.15, 0.2) is 11.5 Å². The summed E-state index contributed by atoms with van der Waals surface area (Å²) in [7, 11) is 0. The number of pyridine rings is 1. The first-order valence-corrected chi connectivity index (χ1v) is 7.06. The molecule has 1 aromatic heterocycles. The summed E-state index contributed by atoms with van der Waals surface area (Å²) in [6, 6.07) is 1.84. The van der Waals surface area contributed by atoms with Gasteiger partial charge in [-0.05, 0) is 6.07 Å². The molecule has 1 aliphatic rings. The van der Waals surface area contributed by atoms with E-state index in [1.807, 2.05) is 0 Å². The molecule has 11 heteroatoms. The minimum atomic E-state index is -1.44. The van der Waals surface area contributed by atoms with Crippen molar-refractivity contribution in [2.45, 2.75) is 6.04 Å². The Morgan fingerprint density at radius 3 is 2.77 bits per heavy atom. The summed E-state index contributed by atoms with van der Waals surface area (Å²) in [4.78, 5) is 47.9. The molecule has 2 heterocycles. The number of halogens is 1. The van der Waals surface area contributed by atoms with Crippen LogP contribution in [0.1, 0.15) is 0 Å². The number of aromatic nitrogens is 1.